The summed E-state index contributed by atoms with van der Waals surface area (Å²) in [7, 11) is 0. The van der Waals surface area contributed by atoms with Gasteiger partial charge in [-0.05, 0) is 31.5 Å². The van der Waals surface area contributed by atoms with Gasteiger partial charge in [-0.3, -0.25) is 5.32 Å². The third kappa shape index (κ3) is 2.11. The summed E-state index contributed by atoms with van der Waals surface area (Å²) in [5.74, 6) is 0. The van der Waals surface area contributed by atoms with Gasteiger partial charge in [0, 0.05) is 12.1 Å². The van der Waals surface area contributed by atoms with E-state index in [9.17, 15) is 18.0 Å². The fraction of sp³-hybridized carbons (Fsp3) is 0.462. The van der Waals surface area contributed by atoms with Crippen LogP contribution in [0.4, 0.5) is 23.7 Å². The van der Waals surface area contributed by atoms with E-state index in [1.165, 1.54) is 6.07 Å². The number of nitrogens with one attached hydrogen (secondary N) is 2. The molecule has 0 saturated carbocycles. The van der Waals surface area contributed by atoms with Crippen LogP contribution in [0, 0.1) is 0 Å². The molecule has 1 fully saturated rings. The molecule has 4 nitrogen and oxygen atoms in total. The lowest BCUT2D eigenvalue weighted by atomic mass is 9.84. The molecule has 2 N–H and O–H groups in total. The normalized spacial score (nSPS) is 25.9. The predicted molar refractivity (Wildman–Crippen MR) is 65.3 cm³/mol. The van der Waals surface area contributed by atoms with Crippen molar-refractivity contribution in [2.24, 2.45) is 0 Å². The molecule has 0 radical (unpaired) electrons. The maximum atomic E-state index is 12.7. The minimum absolute atomic E-state index is 0.180. The second-order valence-electron chi connectivity index (χ2n) is 5.05. The quantitative estimate of drug-likeness (QED) is 0.771. The molecule has 3 rings (SSSR count). The topological polar surface area (TPSA) is 50.4 Å². The summed E-state index contributed by atoms with van der Waals surface area (Å²) in [4.78, 5) is 11.6. The van der Waals surface area contributed by atoms with Crippen LogP contribution in [0.5, 0.6) is 0 Å². The number of benzene rings is 1. The standard InChI is InChI=1S/C13H13F3N2O2/c14-13(15,16)8-2-3-9-10(6-8)18-11(19)20-12(9)4-1-5-17-7-12/h2-3,6,17H,1,4-5,7H2,(H,18,19). The van der Waals surface area contributed by atoms with Crippen LogP contribution in [-0.4, -0.2) is 19.2 Å². The van der Waals surface area contributed by atoms with Gasteiger partial charge in [0.05, 0.1) is 11.3 Å². The molecule has 2 aliphatic heterocycles. The lowest BCUT2D eigenvalue weighted by molar-refractivity contribution is -0.137. The molecule has 1 amide bonds. The second kappa shape index (κ2) is 4.37. The van der Waals surface area contributed by atoms with E-state index >= 15 is 0 Å². The molecule has 20 heavy (non-hydrogen) atoms. The molecular weight excluding hydrogens is 273 g/mol. The van der Waals surface area contributed by atoms with Gasteiger partial charge in [-0.15, -0.1) is 0 Å². The van der Waals surface area contributed by atoms with E-state index in [1.54, 1.807) is 0 Å². The number of fused-ring (bicyclic) bond motifs is 2. The zero-order chi connectivity index (χ0) is 14.4. The minimum Gasteiger partial charge on any atom is -0.436 e. The average Bonchev–Trinajstić information content (AvgIpc) is 2.37. The van der Waals surface area contributed by atoms with E-state index in [2.05, 4.69) is 10.6 Å². The Labute approximate surface area is 113 Å². The van der Waals surface area contributed by atoms with Gasteiger partial charge in [-0.2, -0.15) is 13.2 Å². The molecule has 1 aromatic rings. The van der Waals surface area contributed by atoms with Gasteiger partial charge < -0.3 is 10.1 Å². The van der Waals surface area contributed by atoms with Crippen LogP contribution in [0.15, 0.2) is 18.2 Å². The number of carbonyl (C=O) groups is 1. The number of hydrogen-bond acceptors (Lipinski definition) is 3. The zero-order valence-corrected chi connectivity index (χ0v) is 10.5. The highest BCUT2D eigenvalue weighted by Gasteiger charge is 2.44. The lowest BCUT2D eigenvalue weighted by Gasteiger charge is -2.41. The first-order valence-electron chi connectivity index (χ1n) is 6.33. The van der Waals surface area contributed by atoms with E-state index in [-0.39, 0.29) is 5.69 Å². The van der Waals surface area contributed by atoms with Crippen molar-refractivity contribution in [2.75, 3.05) is 18.4 Å². The molecule has 0 aliphatic carbocycles. The Bertz CT molecular complexity index is 551. The van der Waals surface area contributed by atoms with Crippen molar-refractivity contribution in [1.82, 2.24) is 5.32 Å². The van der Waals surface area contributed by atoms with Gasteiger partial charge >= 0.3 is 12.3 Å². The number of halogens is 3. The summed E-state index contributed by atoms with van der Waals surface area (Å²) in [6.07, 6.45) is -3.74. The number of rotatable bonds is 0. The molecule has 1 spiro atoms. The third-order valence-corrected chi connectivity index (χ3v) is 3.71. The molecular formula is C13H13F3N2O2. The van der Waals surface area contributed by atoms with Gasteiger partial charge in [0.25, 0.3) is 0 Å². The number of alkyl halides is 3. The monoisotopic (exact) mass is 286 g/mol. The van der Waals surface area contributed by atoms with E-state index < -0.39 is 23.4 Å². The Morgan fingerprint density at radius 1 is 1.30 bits per heavy atom. The Balaban J connectivity index is 2.07. The number of ether oxygens (including phenoxy) is 1. The first-order valence-corrected chi connectivity index (χ1v) is 6.33. The van der Waals surface area contributed by atoms with Crippen LogP contribution in [-0.2, 0) is 16.5 Å². The van der Waals surface area contributed by atoms with Crippen LogP contribution in [0.2, 0.25) is 0 Å². The summed E-state index contributed by atoms with van der Waals surface area (Å²) < 4.78 is 43.6. The fourth-order valence-corrected chi connectivity index (χ4v) is 2.78. The molecule has 2 aliphatic rings. The van der Waals surface area contributed by atoms with Crippen LogP contribution < -0.4 is 10.6 Å². The number of anilines is 1. The van der Waals surface area contributed by atoms with Gasteiger partial charge in [0.1, 0.15) is 0 Å². The van der Waals surface area contributed by atoms with Crippen molar-refractivity contribution in [3.63, 3.8) is 0 Å². The van der Waals surface area contributed by atoms with Crippen LogP contribution in [0.3, 0.4) is 0 Å². The number of carbonyl (C=O) groups excluding carboxylic acids is 1. The Kier molecular flexibility index (Phi) is 2.89. The molecule has 1 saturated heterocycles. The van der Waals surface area contributed by atoms with E-state index in [0.29, 0.717) is 18.5 Å². The SMILES string of the molecule is O=C1Nc2cc(C(F)(F)F)ccc2C2(CCCNC2)O1. The molecule has 2 heterocycles. The van der Waals surface area contributed by atoms with Crippen molar-refractivity contribution >= 4 is 11.8 Å². The number of hydrogen-bond donors (Lipinski definition) is 2. The number of piperidine rings is 1. The second-order valence-corrected chi connectivity index (χ2v) is 5.05. The first kappa shape index (κ1) is 13.2. The molecule has 1 aromatic carbocycles. The van der Waals surface area contributed by atoms with Crippen molar-refractivity contribution in [3.8, 4) is 0 Å². The van der Waals surface area contributed by atoms with Crippen molar-refractivity contribution in [2.45, 2.75) is 24.6 Å². The number of amides is 1. The Hall–Kier alpha value is -1.76. The summed E-state index contributed by atoms with van der Waals surface area (Å²) in [5.41, 5.74) is -0.866. The van der Waals surface area contributed by atoms with Gasteiger partial charge in [0.15, 0.2) is 5.60 Å². The van der Waals surface area contributed by atoms with E-state index in [1.807, 2.05) is 0 Å². The largest absolute Gasteiger partial charge is 0.436 e. The smallest absolute Gasteiger partial charge is 0.416 e. The molecule has 0 aromatic heterocycles. The predicted octanol–water partition coefficient (Wildman–Crippen LogP) is 2.85. The van der Waals surface area contributed by atoms with Crippen LogP contribution in [0.25, 0.3) is 0 Å². The maximum Gasteiger partial charge on any atom is 0.416 e. The van der Waals surface area contributed by atoms with E-state index in [4.69, 9.17) is 4.74 Å². The highest BCUT2D eigenvalue weighted by atomic mass is 19.4. The lowest BCUT2D eigenvalue weighted by Crippen LogP contribution is -2.49. The minimum atomic E-state index is -4.43. The van der Waals surface area contributed by atoms with Crippen molar-refractivity contribution in [1.29, 1.82) is 0 Å². The zero-order valence-electron chi connectivity index (χ0n) is 10.5. The van der Waals surface area contributed by atoms with E-state index in [0.717, 1.165) is 25.1 Å². The van der Waals surface area contributed by atoms with Crippen LogP contribution in [0.1, 0.15) is 24.0 Å². The highest BCUT2D eigenvalue weighted by molar-refractivity contribution is 5.89. The summed E-state index contributed by atoms with van der Waals surface area (Å²) in [5, 5.41) is 5.48. The van der Waals surface area contributed by atoms with Gasteiger partial charge in [0.2, 0.25) is 0 Å². The molecule has 108 valence electrons. The van der Waals surface area contributed by atoms with Crippen molar-refractivity contribution in [3.05, 3.63) is 29.3 Å². The molecule has 0 bridgehead atoms. The first-order chi connectivity index (χ1) is 9.41. The summed E-state index contributed by atoms with van der Waals surface area (Å²) in [6, 6.07) is 3.38. The Morgan fingerprint density at radius 2 is 2.10 bits per heavy atom. The van der Waals surface area contributed by atoms with Gasteiger partial charge in [-0.1, -0.05) is 6.07 Å². The summed E-state index contributed by atoms with van der Waals surface area (Å²) in [6.45, 7) is 1.22. The average molecular weight is 286 g/mol. The molecule has 1 atom stereocenters. The van der Waals surface area contributed by atoms with Crippen molar-refractivity contribution < 1.29 is 22.7 Å². The Morgan fingerprint density at radius 3 is 2.75 bits per heavy atom. The maximum absolute atomic E-state index is 12.7. The highest BCUT2D eigenvalue weighted by Crippen LogP contribution is 2.42. The summed E-state index contributed by atoms with van der Waals surface area (Å²) >= 11 is 0. The third-order valence-electron chi connectivity index (χ3n) is 3.71. The molecule has 1 unspecified atom stereocenters. The van der Waals surface area contributed by atoms with Crippen LogP contribution >= 0.6 is 0 Å². The van der Waals surface area contributed by atoms with Gasteiger partial charge in [-0.25, -0.2) is 4.79 Å². The molecule has 7 heteroatoms. The fourth-order valence-electron chi connectivity index (χ4n) is 2.78.